The van der Waals surface area contributed by atoms with Gasteiger partial charge >= 0.3 is 18.1 Å². The van der Waals surface area contributed by atoms with Crippen molar-refractivity contribution in [3.05, 3.63) is 65.0 Å². The van der Waals surface area contributed by atoms with E-state index >= 15 is 8.78 Å². The fourth-order valence-electron chi connectivity index (χ4n) is 5.76. The minimum absolute atomic E-state index is 0.0992. The number of methoxy groups -OCH3 is 1. The minimum atomic E-state index is -4.68. The van der Waals surface area contributed by atoms with Crippen LogP contribution in [0.5, 0.6) is 0 Å². The lowest BCUT2D eigenvalue weighted by molar-refractivity contribution is -0.150. The Morgan fingerprint density at radius 2 is 1.91 bits per heavy atom. The van der Waals surface area contributed by atoms with E-state index in [9.17, 15) is 31.5 Å². The molecular formula is C30H28F7N5O4. The van der Waals surface area contributed by atoms with Gasteiger partial charge in [-0.05, 0) is 48.6 Å². The van der Waals surface area contributed by atoms with Crippen molar-refractivity contribution in [3.63, 3.8) is 0 Å². The number of alkyl halides is 7. The molecule has 1 aliphatic heterocycles. The number of ether oxygens (including phenoxy) is 1. The zero-order chi connectivity index (χ0) is 33.4. The molecule has 2 fully saturated rings. The highest BCUT2D eigenvalue weighted by molar-refractivity contribution is 5.85. The Morgan fingerprint density at radius 3 is 2.54 bits per heavy atom. The van der Waals surface area contributed by atoms with E-state index in [-0.39, 0.29) is 42.0 Å². The fraction of sp³-hybridized carbons (Fsp3) is 0.467. The van der Waals surface area contributed by atoms with Crippen LogP contribution in [0.3, 0.4) is 0 Å². The van der Waals surface area contributed by atoms with E-state index < -0.39 is 79.0 Å². The molecule has 2 aliphatic rings. The van der Waals surface area contributed by atoms with E-state index in [0.717, 1.165) is 17.0 Å². The fourth-order valence-corrected chi connectivity index (χ4v) is 5.76. The highest BCUT2D eigenvalue weighted by Gasteiger charge is 2.49. The van der Waals surface area contributed by atoms with Crippen molar-refractivity contribution in [2.75, 3.05) is 20.3 Å². The second-order valence-corrected chi connectivity index (χ2v) is 11.4. The van der Waals surface area contributed by atoms with Gasteiger partial charge in [0.2, 0.25) is 11.8 Å². The zero-order valence-electron chi connectivity index (χ0n) is 24.2. The molecule has 2 heterocycles. The first kappa shape index (κ1) is 33.0. The summed E-state index contributed by atoms with van der Waals surface area (Å²) < 4.78 is 110. The van der Waals surface area contributed by atoms with Gasteiger partial charge in [-0.1, -0.05) is 18.2 Å². The number of nitrogens with zero attached hydrogens (tertiary/aromatic N) is 3. The third kappa shape index (κ3) is 6.74. The van der Waals surface area contributed by atoms with Crippen LogP contribution >= 0.6 is 0 Å². The van der Waals surface area contributed by atoms with Gasteiger partial charge in [-0.2, -0.15) is 27.2 Å². The largest absolute Gasteiger partial charge is 0.438 e. The SMILES string of the molecule is COC[C@H](c1ccc2oc([C@@H](NC(=O)C(F)(F)c3cccc(C#N)c3)C3CCC(F)(F)CC3)nc2c1)N1C[C@@H](C(F)(F)F)NC1=O. The second kappa shape index (κ2) is 12.4. The number of urea groups is 1. The number of oxazole rings is 1. The van der Waals surface area contributed by atoms with Crippen molar-refractivity contribution in [2.24, 2.45) is 5.92 Å². The van der Waals surface area contributed by atoms with Crippen LogP contribution in [-0.4, -0.2) is 60.2 Å². The number of carbonyl (C=O) groups excluding carboxylic acids is 2. The van der Waals surface area contributed by atoms with Gasteiger partial charge in [0.05, 0.1) is 30.8 Å². The van der Waals surface area contributed by atoms with E-state index in [1.54, 1.807) is 6.07 Å². The van der Waals surface area contributed by atoms with E-state index in [2.05, 4.69) is 10.3 Å². The summed E-state index contributed by atoms with van der Waals surface area (Å²) in [4.78, 5) is 30.8. The van der Waals surface area contributed by atoms with Crippen molar-refractivity contribution in [3.8, 4) is 6.07 Å². The van der Waals surface area contributed by atoms with Crippen LogP contribution in [0.1, 0.15) is 60.3 Å². The van der Waals surface area contributed by atoms with Crippen LogP contribution in [0.2, 0.25) is 0 Å². The highest BCUT2D eigenvalue weighted by atomic mass is 19.4. The highest BCUT2D eigenvalue weighted by Crippen LogP contribution is 2.43. The molecule has 3 amide bonds. The first-order valence-corrected chi connectivity index (χ1v) is 14.2. The molecule has 0 radical (unpaired) electrons. The maximum absolute atomic E-state index is 15.3. The maximum Gasteiger partial charge on any atom is 0.410 e. The van der Waals surface area contributed by atoms with Crippen molar-refractivity contribution >= 4 is 23.0 Å². The Balaban J connectivity index is 1.46. The van der Waals surface area contributed by atoms with Crippen LogP contribution in [0.15, 0.2) is 46.9 Å². The number of halogens is 7. The summed E-state index contributed by atoms with van der Waals surface area (Å²) in [5.74, 6) is -9.83. The van der Waals surface area contributed by atoms with Gasteiger partial charge in [-0.15, -0.1) is 0 Å². The molecule has 246 valence electrons. The Labute approximate surface area is 257 Å². The summed E-state index contributed by atoms with van der Waals surface area (Å²) in [7, 11) is 1.31. The predicted octanol–water partition coefficient (Wildman–Crippen LogP) is 6.12. The lowest BCUT2D eigenvalue weighted by Crippen LogP contribution is -2.43. The van der Waals surface area contributed by atoms with Crippen molar-refractivity contribution < 1.29 is 49.5 Å². The Hall–Kier alpha value is -4.39. The molecule has 0 unspecified atom stereocenters. The molecule has 46 heavy (non-hydrogen) atoms. The smallest absolute Gasteiger partial charge is 0.410 e. The van der Waals surface area contributed by atoms with Crippen molar-refractivity contribution in [2.45, 2.75) is 61.8 Å². The molecule has 0 bridgehead atoms. The molecule has 1 saturated heterocycles. The van der Waals surface area contributed by atoms with E-state index in [4.69, 9.17) is 14.4 Å². The molecule has 5 rings (SSSR count). The Morgan fingerprint density at radius 1 is 1.20 bits per heavy atom. The van der Waals surface area contributed by atoms with Crippen LogP contribution in [-0.2, 0) is 15.5 Å². The average molecular weight is 656 g/mol. The van der Waals surface area contributed by atoms with Gasteiger partial charge in [-0.25, -0.2) is 18.6 Å². The summed E-state index contributed by atoms with van der Waals surface area (Å²) >= 11 is 0. The summed E-state index contributed by atoms with van der Waals surface area (Å²) in [6.07, 6.45) is -6.06. The van der Waals surface area contributed by atoms with Crippen LogP contribution in [0, 0.1) is 17.2 Å². The zero-order valence-corrected chi connectivity index (χ0v) is 24.2. The summed E-state index contributed by atoms with van der Waals surface area (Å²) in [5, 5.41) is 13.2. The molecule has 3 atom stereocenters. The molecule has 2 aromatic carbocycles. The molecular weight excluding hydrogens is 627 g/mol. The number of carbonyl (C=O) groups is 2. The molecule has 0 spiro atoms. The number of amides is 3. The van der Waals surface area contributed by atoms with E-state index in [0.29, 0.717) is 5.56 Å². The molecule has 9 nitrogen and oxygen atoms in total. The van der Waals surface area contributed by atoms with Crippen LogP contribution in [0.4, 0.5) is 35.5 Å². The quantitative estimate of drug-likeness (QED) is 0.268. The maximum atomic E-state index is 15.3. The average Bonchev–Trinajstić information content (AvgIpc) is 3.62. The van der Waals surface area contributed by atoms with Gasteiger partial charge in [0, 0.05) is 25.5 Å². The lowest BCUT2D eigenvalue weighted by atomic mass is 9.81. The number of fused-ring (bicyclic) bond motifs is 1. The number of rotatable bonds is 9. The Kier molecular flexibility index (Phi) is 8.91. The lowest BCUT2D eigenvalue weighted by Gasteiger charge is -2.33. The normalized spacial score (nSPS) is 20.3. The first-order chi connectivity index (χ1) is 21.6. The molecule has 1 aromatic heterocycles. The van der Waals surface area contributed by atoms with E-state index in [1.165, 1.54) is 37.4 Å². The van der Waals surface area contributed by atoms with Crippen molar-refractivity contribution in [1.29, 1.82) is 5.26 Å². The number of aromatic nitrogens is 1. The number of nitrogens with one attached hydrogen (secondary N) is 2. The van der Waals surface area contributed by atoms with Gasteiger partial charge in [0.15, 0.2) is 5.58 Å². The molecule has 1 saturated carbocycles. The summed E-state index contributed by atoms with van der Waals surface area (Å²) in [6, 6.07) is 5.00. The summed E-state index contributed by atoms with van der Waals surface area (Å²) in [6.45, 7) is -0.852. The molecule has 3 aromatic rings. The molecule has 1 aliphatic carbocycles. The topological polar surface area (TPSA) is 120 Å². The van der Waals surface area contributed by atoms with Gasteiger partial charge < -0.3 is 24.7 Å². The predicted molar refractivity (Wildman–Crippen MR) is 147 cm³/mol. The van der Waals surface area contributed by atoms with Crippen LogP contribution < -0.4 is 10.6 Å². The van der Waals surface area contributed by atoms with Gasteiger partial charge in [0.25, 0.3) is 5.91 Å². The number of hydrogen-bond donors (Lipinski definition) is 2. The number of hydrogen-bond acceptors (Lipinski definition) is 6. The monoisotopic (exact) mass is 655 g/mol. The van der Waals surface area contributed by atoms with Crippen molar-refractivity contribution in [1.82, 2.24) is 20.5 Å². The third-order valence-electron chi connectivity index (χ3n) is 8.27. The van der Waals surface area contributed by atoms with Crippen LogP contribution in [0.25, 0.3) is 11.1 Å². The standard InChI is InChI=1S/C30H28F7N5O4/c1-45-15-21(42-14-23(30(35,36)37)40-27(42)44)18-5-6-22-20(12-18)39-25(46-22)24(17-7-9-28(31,32)10-8-17)41-26(43)29(33,34)19-4-2-3-16(11-19)13-38/h2-6,11-12,17,21,23-24H,7-10,14-15H2,1H3,(H,40,44)(H,41,43)/t21-,23+,24+/m1/s1. The second-order valence-electron chi connectivity index (χ2n) is 11.4. The third-order valence-corrected chi connectivity index (χ3v) is 8.27. The minimum Gasteiger partial charge on any atom is -0.438 e. The van der Waals surface area contributed by atoms with E-state index in [1.807, 2.05) is 5.32 Å². The molecule has 2 N–H and O–H groups in total. The first-order valence-electron chi connectivity index (χ1n) is 14.2. The molecule has 16 heteroatoms. The summed E-state index contributed by atoms with van der Waals surface area (Å²) in [5.41, 5.74) is -0.285. The van der Waals surface area contributed by atoms with Gasteiger partial charge in [0.1, 0.15) is 17.6 Å². The number of benzene rings is 2. The Bertz CT molecular complexity index is 1640. The number of nitriles is 1. The van der Waals surface area contributed by atoms with Gasteiger partial charge in [-0.3, -0.25) is 4.79 Å².